The predicted octanol–water partition coefficient (Wildman–Crippen LogP) is 3.33. The van der Waals surface area contributed by atoms with Gasteiger partial charge in [-0.1, -0.05) is 24.3 Å². The Morgan fingerprint density at radius 2 is 1.78 bits per heavy atom. The van der Waals surface area contributed by atoms with Crippen molar-refractivity contribution in [2.24, 2.45) is 5.73 Å². The molecule has 1 fully saturated rings. The summed E-state index contributed by atoms with van der Waals surface area (Å²) < 4.78 is 11.2. The molecule has 1 aliphatic rings. The summed E-state index contributed by atoms with van der Waals surface area (Å²) in [4.78, 5) is 13.8. The summed E-state index contributed by atoms with van der Waals surface area (Å²) in [5, 5.41) is 0. The average molecular weight is 368 g/mol. The fourth-order valence-electron chi connectivity index (χ4n) is 3.22. The molecule has 2 aromatic carbocycles. The molecule has 1 saturated heterocycles. The molecule has 0 saturated carbocycles. The van der Waals surface area contributed by atoms with E-state index in [1.54, 1.807) is 6.07 Å². The van der Waals surface area contributed by atoms with Gasteiger partial charge < -0.3 is 15.2 Å². The Morgan fingerprint density at radius 1 is 1.00 bits per heavy atom. The fraction of sp³-hybridized carbons (Fsp3) is 0.409. The molecule has 1 amide bonds. The lowest BCUT2D eigenvalue weighted by molar-refractivity contribution is 0.0370. The van der Waals surface area contributed by atoms with Crippen molar-refractivity contribution in [3.63, 3.8) is 0 Å². The second kappa shape index (κ2) is 10.1. The van der Waals surface area contributed by atoms with Gasteiger partial charge in [0.1, 0.15) is 5.75 Å². The summed E-state index contributed by atoms with van der Waals surface area (Å²) in [5.74, 6) is 0.461. The highest BCUT2D eigenvalue weighted by molar-refractivity contribution is 5.94. The third kappa shape index (κ3) is 6.08. The molecule has 0 atom stereocenters. The van der Waals surface area contributed by atoms with E-state index in [0.29, 0.717) is 5.56 Å². The van der Waals surface area contributed by atoms with E-state index in [0.717, 1.165) is 62.8 Å². The molecule has 2 N–H and O–H groups in total. The van der Waals surface area contributed by atoms with Crippen molar-refractivity contribution in [2.45, 2.75) is 19.3 Å². The van der Waals surface area contributed by atoms with E-state index in [2.05, 4.69) is 4.90 Å². The zero-order valence-corrected chi connectivity index (χ0v) is 15.7. The first-order valence-corrected chi connectivity index (χ1v) is 9.65. The summed E-state index contributed by atoms with van der Waals surface area (Å²) in [6.45, 7) is 5.75. The van der Waals surface area contributed by atoms with E-state index in [-0.39, 0.29) is 0 Å². The zero-order chi connectivity index (χ0) is 18.9. The van der Waals surface area contributed by atoms with E-state index in [1.165, 1.54) is 12.8 Å². The number of rotatable bonds is 9. The van der Waals surface area contributed by atoms with Crippen LogP contribution in [-0.2, 0) is 4.74 Å². The highest BCUT2D eigenvalue weighted by atomic mass is 16.5. The minimum Gasteiger partial charge on any atom is -0.494 e. The first kappa shape index (κ1) is 19.4. The van der Waals surface area contributed by atoms with Gasteiger partial charge in [0.25, 0.3) is 0 Å². The molecular formula is C22H28N2O3. The molecular weight excluding hydrogens is 340 g/mol. The third-order valence-electron chi connectivity index (χ3n) is 4.83. The summed E-state index contributed by atoms with van der Waals surface area (Å²) in [6, 6.07) is 15.3. The van der Waals surface area contributed by atoms with E-state index < -0.39 is 5.91 Å². The van der Waals surface area contributed by atoms with Gasteiger partial charge in [-0.3, -0.25) is 9.69 Å². The van der Waals surface area contributed by atoms with Gasteiger partial charge in [0.2, 0.25) is 5.91 Å². The van der Waals surface area contributed by atoms with Crippen LogP contribution in [0.25, 0.3) is 11.1 Å². The van der Waals surface area contributed by atoms with E-state index >= 15 is 0 Å². The summed E-state index contributed by atoms with van der Waals surface area (Å²) in [6.07, 6.45) is 3.45. The number of unbranched alkanes of at least 4 members (excludes halogenated alkanes) is 2. The molecule has 5 heteroatoms. The van der Waals surface area contributed by atoms with E-state index in [4.69, 9.17) is 15.2 Å². The predicted molar refractivity (Wildman–Crippen MR) is 107 cm³/mol. The number of amides is 1. The Kier molecular flexibility index (Phi) is 7.25. The second-order valence-electron chi connectivity index (χ2n) is 6.83. The van der Waals surface area contributed by atoms with Crippen molar-refractivity contribution in [3.05, 3.63) is 54.1 Å². The standard InChI is InChI=1S/C22H28N2O3/c23-22(25)20-6-4-5-19(17-20)18-7-9-21(10-8-18)27-14-3-1-2-11-24-12-15-26-16-13-24/h4-10,17H,1-3,11-16H2,(H2,23,25). The van der Waals surface area contributed by atoms with Crippen molar-refractivity contribution in [2.75, 3.05) is 39.5 Å². The van der Waals surface area contributed by atoms with E-state index in [9.17, 15) is 4.79 Å². The molecule has 5 nitrogen and oxygen atoms in total. The van der Waals surface area contributed by atoms with Crippen LogP contribution in [0.15, 0.2) is 48.5 Å². The van der Waals surface area contributed by atoms with Crippen molar-refractivity contribution < 1.29 is 14.3 Å². The topological polar surface area (TPSA) is 64.8 Å². The summed E-state index contributed by atoms with van der Waals surface area (Å²) in [5.41, 5.74) is 7.88. The molecule has 27 heavy (non-hydrogen) atoms. The Morgan fingerprint density at radius 3 is 2.52 bits per heavy atom. The van der Waals surface area contributed by atoms with Crippen molar-refractivity contribution in [1.82, 2.24) is 4.90 Å². The maximum atomic E-state index is 11.3. The number of morpholine rings is 1. The maximum absolute atomic E-state index is 11.3. The van der Waals surface area contributed by atoms with Crippen molar-refractivity contribution in [1.29, 1.82) is 0 Å². The molecule has 2 aromatic rings. The monoisotopic (exact) mass is 368 g/mol. The number of primary amides is 1. The smallest absolute Gasteiger partial charge is 0.248 e. The van der Waals surface area contributed by atoms with Gasteiger partial charge in [-0.15, -0.1) is 0 Å². The number of hydrogen-bond acceptors (Lipinski definition) is 4. The third-order valence-corrected chi connectivity index (χ3v) is 4.83. The Labute approximate surface area is 161 Å². The summed E-state index contributed by atoms with van der Waals surface area (Å²) >= 11 is 0. The van der Waals surface area contributed by atoms with Gasteiger partial charge in [-0.25, -0.2) is 0 Å². The number of nitrogens with two attached hydrogens (primary N) is 1. The number of nitrogens with zero attached hydrogens (tertiary/aromatic N) is 1. The number of hydrogen-bond donors (Lipinski definition) is 1. The number of benzene rings is 2. The molecule has 0 radical (unpaired) electrons. The highest BCUT2D eigenvalue weighted by Gasteiger charge is 2.09. The lowest BCUT2D eigenvalue weighted by Crippen LogP contribution is -2.36. The van der Waals surface area contributed by atoms with E-state index in [1.807, 2.05) is 42.5 Å². The number of ether oxygens (including phenoxy) is 2. The van der Waals surface area contributed by atoms with Crippen LogP contribution < -0.4 is 10.5 Å². The summed E-state index contributed by atoms with van der Waals surface area (Å²) in [7, 11) is 0. The molecule has 0 aromatic heterocycles. The van der Waals surface area contributed by atoms with Gasteiger partial charge >= 0.3 is 0 Å². The first-order valence-electron chi connectivity index (χ1n) is 9.65. The lowest BCUT2D eigenvalue weighted by Gasteiger charge is -2.26. The van der Waals surface area contributed by atoms with Gasteiger partial charge in [0, 0.05) is 18.7 Å². The molecule has 144 valence electrons. The van der Waals surface area contributed by atoms with Crippen LogP contribution in [0.1, 0.15) is 29.6 Å². The van der Waals surface area contributed by atoms with Gasteiger partial charge in [-0.05, 0) is 61.2 Å². The molecule has 1 heterocycles. The van der Waals surface area contributed by atoms with Crippen LogP contribution in [-0.4, -0.2) is 50.3 Å². The number of carbonyl (C=O) groups is 1. The molecule has 0 aliphatic carbocycles. The fourth-order valence-corrected chi connectivity index (χ4v) is 3.22. The number of carbonyl (C=O) groups excluding carboxylic acids is 1. The zero-order valence-electron chi connectivity index (χ0n) is 15.7. The van der Waals surface area contributed by atoms with Crippen LogP contribution in [0.2, 0.25) is 0 Å². The average Bonchev–Trinajstić information content (AvgIpc) is 2.72. The molecule has 3 rings (SSSR count). The lowest BCUT2D eigenvalue weighted by atomic mass is 10.0. The second-order valence-corrected chi connectivity index (χ2v) is 6.83. The van der Waals surface area contributed by atoms with Gasteiger partial charge in [0.05, 0.1) is 19.8 Å². The van der Waals surface area contributed by atoms with Gasteiger partial charge in [0.15, 0.2) is 0 Å². The SMILES string of the molecule is NC(=O)c1cccc(-c2ccc(OCCCCCN3CCOCC3)cc2)c1. The normalized spacial score (nSPS) is 14.8. The van der Waals surface area contributed by atoms with Crippen LogP contribution in [0.4, 0.5) is 0 Å². The van der Waals surface area contributed by atoms with Crippen LogP contribution >= 0.6 is 0 Å². The van der Waals surface area contributed by atoms with Gasteiger partial charge in [-0.2, -0.15) is 0 Å². The highest BCUT2D eigenvalue weighted by Crippen LogP contribution is 2.23. The van der Waals surface area contributed by atoms with Crippen LogP contribution in [0.5, 0.6) is 5.75 Å². The Hall–Kier alpha value is -2.37. The molecule has 0 unspecified atom stereocenters. The maximum Gasteiger partial charge on any atom is 0.248 e. The minimum atomic E-state index is -0.412. The molecule has 0 bridgehead atoms. The minimum absolute atomic E-state index is 0.412. The van der Waals surface area contributed by atoms with Crippen molar-refractivity contribution in [3.8, 4) is 16.9 Å². The molecule has 1 aliphatic heterocycles. The Bertz CT molecular complexity index is 725. The molecule has 0 spiro atoms. The van der Waals surface area contributed by atoms with Crippen molar-refractivity contribution >= 4 is 5.91 Å². The quantitative estimate of drug-likeness (QED) is 0.690. The largest absolute Gasteiger partial charge is 0.494 e. The van der Waals surface area contributed by atoms with Crippen LogP contribution in [0.3, 0.4) is 0 Å². The Balaban J connectivity index is 1.39. The first-order chi connectivity index (χ1) is 13.2. The van der Waals surface area contributed by atoms with Crippen LogP contribution in [0, 0.1) is 0 Å².